The number of anilines is 2. The van der Waals surface area contributed by atoms with Gasteiger partial charge in [0, 0.05) is 44.7 Å². The summed E-state index contributed by atoms with van der Waals surface area (Å²) in [5.74, 6) is -0.557. The highest BCUT2D eigenvalue weighted by molar-refractivity contribution is 6.32. The number of guanidine groups is 1. The average molecular weight is 430 g/mol. The number of nitrogens with two attached hydrogens (primary N) is 1. The minimum absolute atomic E-state index is 0.0735. The molecule has 3 aromatic carbocycles. The molecule has 0 aliphatic heterocycles. The molecule has 29 heavy (non-hydrogen) atoms. The summed E-state index contributed by atoms with van der Waals surface area (Å²) in [5.41, 5.74) is 9.78. The number of hydrogen-bond donors (Lipinski definition) is 5. The van der Waals surface area contributed by atoms with Gasteiger partial charge in [-0.25, -0.2) is 4.39 Å². The smallest absolute Gasteiger partial charge is 0.185 e. The van der Waals surface area contributed by atoms with Crippen LogP contribution in [0.3, 0.4) is 0 Å². The molecule has 0 atom stereocenters. The summed E-state index contributed by atoms with van der Waals surface area (Å²) in [6.45, 7) is 0.513. The maximum atomic E-state index is 13.8. The highest BCUT2D eigenvalue weighted by atomic mass is 35.5. The first-order chi connectivity index (χ1) is 13.9. The fourth-order valence-corrected chi connectivity index (χ4v) is 3.68. The van der Waals surface area contributed by atoms with Gasteiger partial charge in [-0.2, -0.15) is 0 Å². The summed E-state index contributed by atoms with van der Waals surface area (Å²) in [7, 11) is 0. The second-order valence-electron chi connectivity index (χ2n) is 6.72. The summed E-state index contributed by atoms with van der Waals surface area (Å²) < 4.78 is 13.8. The van der Waals surface area contributed by atoms with Crippen LogP contribution < -0.4 is 16.4 Å². The van der Waals surface area contributed by atoms with E-state index in [0.717, 1.165) is 33.1 Å². The van der Waals surface area contributed by atoms with Crippen LogP contribution in [0.15, 0.2) is 48.5 Å². The number of nitrogens with one attached hydrogen (secondary N) is 4. The first-order valence-corrected chi connectivity index (χ1v) is 9.70. The molecule has 0 radical (unpaired) electrons. The normalized spacial score (nSPS) is 11.1. The standard InChI is InChI=1S/C21H18Cl2FN5/c22-12-1-4-19-15(8-12)16-9-14(28-13-2-3-17(23)18(24)10-13)7-11(20(16)29-19)5-6-27-21(25)26/h1-4,7-10,28-29H,5-6H2,(H4,25,26,27). The summed E-state index contributed by atoms with van der Waals surface area (Å²) in [6, 6.07) is 14.3. The third kappa shape index (κ3) is 4.09. The lowest BCUT2D eigenvalue weighted by molar-refractivity contribution is 0.629. The zero-order valence-corrected chi connectivity index (χ0v) is 16.8. The van der Waals surface area contributed by atoms with Crippen molar-refractivity contribution >= 4 is 62.3 Å². The number of aromatic amines is 1. The predicted molar refractivity (Wildman–Crippen MR) is 119 cm³/mol. The van der Waals surface area contributed by atoms with E-state index < -0.39 is 5.82 Å². The van der Waals surface area contributed by atoms with Gasteiger partial charge in [0.15, 0.2) is 5.96 Å². The van der Waals surface area contributed by atoms with Crippen molar-refractivity contribution in [2.75, 3.05) is 11.9 Å². The minimum atomic E-state index is -0.484. The molecule has 8 heteroatoms. The molecular weight excluding hydrogens is 412 g/mol. The van der Waals surface area contributed by atoms with E-state index in [-0.39, 0.29) is 11.0 Å². The quantitative estimate of drug-likeness (QED) is 0.213. The Balaban J connectivity index is 1.80. The van der Waals surface area contributed by atoms with Crippen molar-refractivity contribution in [2.24, 2.45) is 5.73 Å². The zero-order valence-electron chi connectivity index (χ0n) is 15.2. The van der Waals surface area contributed by atoms with Gasteiger partial charge in [0.2, 0.25) is 0 Å². The van der Waals surface area contributed by atoms with Crippen molar-refractivity contribution in [3.8, 4) is 0 Å². The number of benzene rings is 3. The highest BCUT2D eigenvalue weighted by Gasteiger charge is 2.12. The van der Waals surface area contributed by atoms with E-state index in [0.29, 0.717) is 23.7 Å². The van der Waals surface area contributed by atoms with Crippen LogP contribution in [0, 0.1) is 11.2 Å². The maximum Gasteiger partial charge on any atom is 0.185 e. The average Bonchev–Trinajstić information content (AvgIpc) is 3.03. The summed E-state index contributed by atoms with van der Waals surface area (Å²) in [4.78, 5) is 3.44. The Morgan fingerprint density at radius 2 is 1.86 bits per heavy atom. The molecule has 0 bridgehead atoms. The number of halogens is 3. The molecule has 6 N–H and O–H groups in total. The van der Waals surface area contributed by atoms with Crippen LogP contribution >= 0.6 is 23.2 Å². The van der Waals surface area contributed by atoms with E-state index in [4.69, 9.17) is 34.3 Å². The van der Waals surface area contributed by atoms with Gasteiger partial charge in [-0.1, -0.05) is 23.2 Å². The molecule has 148 valence electrons. The molecule has 0 spiro atoms. The Morgan fingerprint density at radius 3 is 2.62 bits per heavy atom. The minimum Gasteiger partial charge on any atom is -0.370 e. The van der Waals surface area contributed by atoms with Crippen LogP contribution in [0.4, 0.5) is 15.8 Å². The molecular formula is C21H18Cl2FN5. The van der Waals surface area contributed by atoms with Gasteiger partial charge >= 0.3 is 0 Å². The second-order valence-corrected chi connectivity index (χ2v) is 7.56. The third-order valence-corrected chi connectivity index (χ3v) is 5.21. The fraction of sp³-hybridized carbons (Fsp3) is 0.0952. The van der Waals surface area contributed by atoms with Crippen molar-refractivity contribution in [3.63, 3.8) is 0 Å². The van der Waals surface area contributed by atoms with Gasteiger partial charge in [-0.05, 0) is 60.5 Å². The molecule has 0 fully saturated rings. The maximum absolute atomic E-state index is 13.8. The third-order valence-electron chi connectivity index (χ3n) is 4.67. The molecule has 1 heterocycles. The summed E-state index contributed by atoms with van der Waals surface area (Å²) >= 11 is 12.0. The van der Waals surface area contributed by atoms with Crippen LogP contribution in [-0.2, 0) is 6.42 Å². The second kappa shape index (κ2) is 7.81. The largest absolute Gasteiger partial charge is 0.370 e. The topological polar surface area (TPSA) is 89.7 Å². The predicted octanol–water partition coefficient (Wildman–Crippen LogP) is 5.54. The van der Waals surface area contributed by atoms with Gasteiger partial charge in [0.25, 0.3) is 0 Å². The number of H-pyrrole nitrogens is 1. The van der Waals surface area contributed by atoms with Crippen LogP contribution in [-0.4, -0.2) is 17.5 Å². The van der Waals surface area contributed by atoms with Gasteiger partial charge in [-0.3, -0.25) is 5.41 Å². The zero-order chi connectivity index (χ0) is 20.5. The van der Waals surface area contributed by atoms with Crippen molar-refractivity contribution in [2.45, 2.75) is 6.42 Å². The van der Waals surface area contributed by atoms with E-state index >= 15 is 0 Å². The molecule has 5 nitrogen and oxygen atoms in total. The van der Waals surface area contributed by atoms with E-state index in [1.54, 1.807) is 6.07 Å². The summed E-state index contributed by atoms with van der Waals surface area (Å²) in [5, 5.41) is 16.1. The Labute approximate surface area is 176 Å². The first kappa shape index (κ1) is 19.4. The van der Waals surface area contributed by atoms with Crippen molar-refractivity contribution < 1.29 is 4.39 Å². The van der Waals surface area contributed by atoms with E-state index in [1.807, 2.05) is 30.3 Å². The van der Waals surface area contributed by atoms with Gasteiger partial charge in [0.1, 0.15) is 5.82 Å². The first-order valence-electron chi connectivity index (χ1n) is 8.94. The Hall–Kier alpha value is -2.96. The molecule has 0 aliphatic carbocycles. The molecule has 0 aliphatic rings. The fourth-order valence-electron chi connectivity index (χ4n) is 3.39. The SMILES string of the molecule is N=C(N)NCCc1cc(Nc2ccc(Cl)c(F)c2)cc2c1[nH]c1ccc(Cl)cc12. The van der Waals surface area contributed by atoms with E-state index in [1.165, 1.54) is 12.1 Å². The monoisotopic (exact) mass is 429 g/mol. The molecule has 0 saturated heterocycles. The van der Waals surface area contributed by atoms with Crippen molar-refractivity contribution in [3.05, 3.63) is 70.0 Å². The molecule has 0 saturated carbocycles. The molecule has 0 amide bonds. The number of rotatable bonds is 5. The van der Waals surface area contributed by atoms with E-state index in [2.05, 4.69) is 15.6 Å². The molecule has 1 aromatic heterocycles. The Morgan fingerprint density at radius 1 is 1.03 bits per heavy atom. The van der Waals surface area contributed by atoms with Crippen LogP contribution in [0.2, 0.25) is 10.0 Å². The molecule has 4 rings (SSSR count). The number of fused-ring (bicyclic) bond motifs is 3. The van der Waals surface area contributed by atoms with Crippen molar-refractivity contribution in [1.29, 1.82) is 5.41 Å². The summed E-state index contributed by atoms with van der Waals surface area (Å²) in [6.07, 6.45) is 0.640. The number of hydrogen-bond acceptors (Lipinski definition) is 2. The van der Waals surface area contributed by atoms with Gasteiger partial charge < -0.3 is 21.4 Å². The Kier molecular flexibility index (Phi) is 5.22. The van der Waals surface area contributed by atoms with Crippen LogP contribution in [0.25, 0.3) is 21.8 Å². The Bertz CT molecular complexity index is 1230. The van der Waals surface area contributed by atoms with Crippen molar-refractivity contribution in [1.82, 2.24) is 10.3 Å². The molecule has 0 unspecified atom stereocenters. The van der Waals surface area contributed by atoms with Crippen LogP contribution in [0.5, 0.6) is 0 Å². The lowest BCUT2D eigenvalue weighted by Crippen LogP contribution is -2.31. The highest BCUT2D eigenvalue weighted by Crippen LogP contribution is 2.34. The van der Waals surface area contributed by atoms with Gasteiger partial charge in [0.05, 0.1) is 5.02 Å². The van der Waals surface area contributed by atoms with E-state index in [9.17, 15) is 4.39 Å². The lowest BCUT2D eigenvalue weighted by Gasteiger charge is -2.11. The van der Waals surface area contributed by atoms with Gasteiger partial charge in [-0.15, -0.1) is 0 Å². The van der Waals surface area contributed by atoms with Crippen LogP contribution in [0.1, 0.15) is 5.56 Å². The lowest BCUT2D eigenvalue weighted by atomic mass is 10.0. The number of aromatic nitrogens is 1. The molecule has 4 aromatic rings.